The van der Waals surface area contributed by atoms with Gasteiger partial charge in [0.25, 0.3) is 0 Å². The number of carbonyl (C=O) groups is 1. The lowest BCUT2D eigenvalue weighted by Crippen LogP contribution is -2.34. The van der Waals surface area contributed by atoms with Crippen LogP contribution in [0, 0.1) is 6.92 Å². The molecule has 2 rings (SSSR count). The number of anilines is 2. The van der Waals surface area contributed by atoms with E-state index >= 15 is 0 Å². The second kappa shape index (κ2) is 7.14. The molecule has 21 heavy (non-hydrogen) atoms. The van der Waals surface area contributed by atoms with Gasteiger partial charge in [-0.2, -0.15) is 0 Å². The maximum atomic E-state index is 12.3. The predicted octanol–water partition coefficient (Wildman–Crippen LogP) is 4.48. The topological polar surface area (TPSA) is 41.1 Å². The number of benzene rings is 2. The fraction of sp³-hybridized carbons (Fsp3) is 0.235. The highest BCUT2D eigenvalue weighted by molar-refractivity contribution is 6.30. The highest BCUT2D eigenvalue weighted by Crippen LogP contribution is 2.21. The number of aryl methyl sites for hydroxylation is 1. The molecule has 3 nitrogen and oxygen atoms in total. The molecule has 0 saturated heterocycles. The Labute approximate surface area is 130 Å². The van der Waals surface area contributed by atoms with E-state index in [2.05, 4.69) is 10.6 Å². The van der Waals surface area contributed by atoms with Gasteiger partial charge in [0.2, 0.25) is 5.91 Å². The quantitative estimate of drug-likeness (QED) is 0.855. The van der Waals surface area contributed by atoms with Crippen molar-refractivity contribution in [1.29, 1.82) is 0 Å². The van der Waals surface area contributed by atoms with E-state index in [0.717, 1.165) is 16.9 Å². The molecule has 2 N–H and O–H groups in total. The minimum Gasteiger partial charge on any atom is -0.373 e. The Morgan fingerprint density at radius 3 is 2.52 bits per heavy atom. The largest absolute Gasteiger partial charge is 0.373 e. The van der Waals surface area contributed by atoms with Crippen LogP contribution in [-0.2, 0) is 4.79 Å². The van der Waals surface area contributed by atoms with Crippen molar-refractivity contribution in [3.8, 4) is 0 Å². The average molecular weight is 303 g/mol. The lowest BCUT2D eigenvalue weighted by molar-refractivity contribution is -0.116. The highest BCUT2D eigenvalue weighted by Gasteiger charge is 2.17. The number of nitrogens with one attached hydrogen (secondary N) is 2. The molecular weight excluding hydrogens is 284 g/mol. The molecule has 0 unspecified atom stereocenters. The second-order valence-electron chi connectivity index (χ2n) is 4.92. The standard InChI is InChI=1S/C17H19ClN2O/c1-3-15(17(21)19-14-7-5-4-6-8-14)20-16-10-9-13(18)11-12(16)2/h4-11,15,20H,3H2,1-2H3,(H,19,21)/t15-/m0/s1. The number of amides is 1. The summed E-state index contributed by atoms with van der Waals surface area (Å²) < 4.78 is 0. The van der Waals surface area contributed by atoms with E-state index < -0.39 is 0 Å². The van der Waals surface area contributed by atoms with E-state index in [-0.39, 0.29) is 11.9 Å². The molecular formula is C17H19ClN2O. The fourth-order valence-electron chi connectivity index (χ4n) is 2.08. The summed E-state index contributed by atoms with van der Waals surface area (Å²) in [7, 11) is 0. The SMILES string of the molecule is CC[C@H](Nc1ccc(Cl)cc1C)C(=O)Nc1ccccc1. The van der Waals surface area contributed by atoms with Gasteiger partial charge in [0.15, 0.2) is 0 Å². The summed E-state index contributed by atoms with van der Waals surface area (Å²) in [6.07, 6.45) is 0.695. The Bertz CT molecular complexity index is 613. The van der Waals surface area contributed by atoms with Gasteiger partial charge in [-0.3, -0.25) is 4.79 Å². The smallest absolute Gasteiger partial charge is 0.246 e. The summed E-state index contributed by atoms with van der Waals surface area (Å²) in [5, 5.41) is 6.88. The van der Waals surface area contributed by atoms with Crippen molar-refractivity contribution in [2.24, 2.45) is 0 Å². The summed E-state index contributed by atoms with van der Waals surface area (Å²) in [5.74, 6) is -0.0435. The average Bonchev–Trinajstić information content (AvgIpc) is 2.47. The Balaban J connectivity index is 2.07. The number of carbonyl (C=O) groups excluding carboxylic acids is 1. The van der Waals surface area contributed by atoms with E-state index in [4.69, 9.17) is 11.6 Å². The predicted molar refractivity (Wildman–Crippen MR) is 89.0 cm³/mol. The van der Waals surface area contributed by atoms with Gasteiger partial charge in [0, 0.05) is 16.4 Å². The van der Waals surface area contributed by atoms with Gasteiger partial charge in [-0.05, 0) is 49.2 Å². The molecule has 0 spiro atoms. The zero-order valence-corrected chi connectivity index (χ0v) is 12.9. The molecule has 0 heterocycles. The first-order valence-electron chi connectivity index (χ1n) is 6.98. The molecule has 4 heteroatoms. The molecule has 0 aliphatic heterocycles. The van der Waals surface area contributed by atoms with E-state index in [0.29, 0.717) is 11.4 Å². The van der Waals surface area contributed by atoms with Gasteiger partial charge < -0.3 is 10.6 Å². The molecule has 2 aromatic rings. The van der Waals surface area contributed by atoms with E-state index in [1.54, 1.807) is 0 Å². The summed E-state index contributed by atoms with van der Waals surface area (Å²) in [5.41, 5.74) is 2.75. The Morgan fingerprint density at radius 2 is 1.90 bits per heavy atom. The number of rotatable bonds is 5. The maximum Gasteiger partial charge on any atom is 0.246 e. The van der Waals surface area contributed by atoms with Crippen LogP contribution < -0.4 is 10.6 Å². The molecule has 0 saturated carbocycles. The van der Waals surface area contributed by atoms with Crippen LogP contribution in [0.3, 0.4) is 0 Å². The molecule has 0 fully saturated rings. The van der Waals surface area contributed by atoms with Crippen molar-refractivity contribution < 1.29 is 4.79 Å². The van der Waals surface area contributed by atoms with Crippen LogP contribution >= 0.6 is 11.6 Å². The fourth-order valence-corrected chi connectivity index (χ4v) is 2.31. The first-order chi connectivity index (χ1) is 10.1. The van der Waals surface area contributed by atoms with Gasteiger partial charge in [0.1, 0.15) is 6.04 Å². The lowest BCUT2D eigenvalue weighted by Gasteiger charge is -2.19. The van der Waals surface area contributed by atoms with Gasteiger partial charge in [0.05, 0.1) is 0 Å². The molecule has 0 aliphatic carbocycles. The van der Waals surface area contributed by atoms with Gasteiger partial charge >= 0.3 is 0 Å². The minimum absolute atomic E-state index is 0.0435. The zero-order valence-electron chi connectivity index (χ0n) is 12.2. The van der Waals surface area contributed by atoms with Crippen LogP contribution in [0.1, 0.15) is 18.9 Å². The molecule has 1 amide bonds. The third-order valence-corrected chi connectivity index (χ3v) is 3.52. The highest BCUT2D eigenvalue weighted by atomic mass is 35.5. The Kier molecular flexibility index (Phi) is 5.23. The molecule has 1 atom stereocenters. The summed E-state index contributed by atoms with van der Waals surface area (Å²) in [4.78, 5) is 12.3. The monoisotopic (exact) mass is 302 g/mol. The number of hydrogen-bond acceptors (Lipinski definition) is 2. The van der Waals surface area contributed by atoms with E-state index in [1.165, 1.54) is 0 Å². The second-order valence-corrected chi connectivity index (χ2v) is 5.36. The molecule has 0 aliphatic rings. The first kappa shape index (κ1) is 15.4. The van der Waals surface area contributed by atoms with Crippen LogP contribution in [0.25, 0.3) is 0 Å². The number of para-hydroxylation sites is 1. The molecule has 0 radical (unpaired) electrons. The Morgan fingerprint density at radius 1 is 1.19 bits per heavy atom. The first-order valence-corrected chi connectivity index (χ1v) is 7.36. The number of halogens is 1. The summed E-state index contributed by atoms with van der Waals surface area (Å²) in [6, 6.07) is 14.8. The van der Waals surface area contributed by atoms with Crippen molar-refractivity contribution >= 4 is 28.9 Å². The van der Waals surface area contributed by atoms with Crippen molar-refractivity contribution in [3.63, 3.8) is 0 Å². The number of hydrogen-bond donors (Lipinski definition) is 2. The van der Waals surface area contributed by atoms with Crippen LogP contribution in [0.5, 0.6) is 0 Å². The van der Waals surface area contributed by atoms with Crippen LogP contribution in [0.4, 0.5) is 11.4 Å². The summed E-state index contributed by atoms with van der Waals surface area (Å²) >= 11 is 5.95. The van der Waals surface area contributed by atoms with Crippen molar-refractivity contribution in [1.82, 2.24) is 0 Å². The third-order valence-electron chi connectivity index (χ3n) is 3.28. The third kappa shape index (κ3) is 4.23. The molecule has 110 valence electrons. The minimum atomic E-state index is -0.287. The van der Waals surface area contributed by atoms with Crippen LogP contribution in [0.15, 0.2) is 48.5 Å². The normalized spacial score (nSPS) is 11.8. The van der Waals surface area contributed by atoms with E-state index in [9.17, 15) is 4.79 Å². The lowest BCUT2D eigenvalue weighted by atomic mass is 10.1. The zero-order chi connectivity index (χ0) is 15.2. The van der Waals surface area contributed by atoms with Crippen LogP contribution in [0.2, 0.25) is 5.02 Å². The molecule has 0 aromatic heterocycles. The van der Waals surface area contributed by atoms with Crippen molar-refractivity contribution in [3.05, 3.63) is 59.1 Å². The van der Waals surface area contributed by atoms with E-state index in [1.807, 2.05) is 62.4 Å². The van der Waals surface area contributed by atoms with Crippen LogP contribution in [-0.4, -0.2) is 11.9 Å². The Hall–Kier alpha value is -2.00. The molecule has 0 bridgehead atoms. The van der Waals surface area contributed by atoms with Crippen molar-refractivity contribution in [2.75, 3.05) is 10.6 Å². The summed E-state index contributed by atoms with van der Waals surface area (Å²) in [6.45, 7) is 3.95. The molecule has 2 aromatic carbocycles. The van der Waals surface area contributed by atoms with Crippen molar-refractivity contribution in [2.45, 2.75) is 26.3 Å². The van der Waals surface area contributed by atoms with Gasteiger partial charge in [-0.1, -0.05) is 36.7 Å². The van der Waals surface area contributed by atoms with Gasteiger partial charge in [-0.15, -0.1) is 0 Å². The maximum absolute atomic E-state index is 12.3. The van der Waals surface area contributed by atoms with Gasteiger partial charge in [-0.25, -0.2) is 0 Å².